The summed E-state index contributed by atoms with van der Waals surface area (Å²) in [5.41, 5.74) is 13.7. The molecule has 15 heteroatoms. The van der Waals surface area contributed by atoms with Crippen molar-refractivity contribution in [1.29, 1.82) is 0 Å². The molecule has 7 N–H and O–H groups in total. The fraction of sp³-hybridized carbons (Fsp3) is 0.273. The Hall–Kier alpha value is -4.59. The molecule has 0 fully saturated rings. The summed E-state index contributed by atoms with van der Waals surface area (Å²) in [4.78, 5) is 61.9. The van der Waals surface area contributed by atoms with E-state index in [0.29, 0.717) is 23.4 Å². The Morgan fingerprint density at radius 1 is 1.08 bits per heavy atom. The summed E-state index contributed by atoms with van der Waals surface area (Å²) in [6, 6.07) is 5.16. The van der Waals surface area contributed by atoms with E-state index in [1.54, 1.807) is 18.3 Å². The molecule has 3 rings (SSSR count). The van der Waals surface area contributed by atoms with Gasteiger partial charge in [0.2, 0.25) is 11.2 Å². The van der Waals surface area contributed by atoms with Gasteiger partial charge in [-0.25, -0.2) is 14.8 Å². The Balaban J connectivity index is 0.00000112. The highest BCUT2D eigenvalue weighted by molar-refractivity contribution is 6.62. The third-order valence-electron chi connectivity index (χ3n) is 4.72. The minimum absolute atomic E-state index is 0.0138. The molecule has 0 saturated carbocycles. The van der Waals surface area contributed by atoms with Gasteiger partial charge in [0, 0.05) is 31.6 Å². The molecule has 37 heavy (non-hydrogen) atoms. The van der Waals surface area contributed by atoms with E-state index in [0.717, 1.165) is 5.69 Å². The number of anilines is 3. The zero-order chi connectivity index (χ0) is 27.7. The topological polar surface area (TPSA) is 228 Å². The van der Waals surface area contributed by atoms with Gasteiger partial charge in [0.25, 0.3) is 5.91 Å². The Morgan fingerprint density at radius 3 is 2.27 bits per heavy atom. The Labute approximate surface area is 215 Å². The second-order valence-electron chi connectivity index (χ2n) is 7.67. The van der Waals surface area contributed by atoms with Crippen molar-refractivity contribution in [1.82, 2.24) is 25.3 Å². The van der Waals surface area contributed by atoms with Crippen LogP contribution >= 0.6 is 11.6 Å². The number of carboxylic acids is 2. The summed E-state index contributed by atoms with van der Waals surface area (Å²) in [7, 11) is 1.82. The van der Waals surface area contributed by atoms with Crippen molar-refractivity contribution in [3.05, 3.63) is 41.7 Å². The summed E-state index contributed by atoms with van der Waals surface area (Å²) in [5, 5.41) is 19.9. The monoisotopic (exact) mass is 532 g/mol. The first-order valence-corrected chi connectivity index (χ1v) is 11.0. The quantitative estimate of drug-likeness (QED) is 0.243. The van der Waals surface area contributed by atoms with E-state index in [1.165, 1.54) is 19.1 Å². The molecule has 0 aliphatic rings. The van der Waals surface area contributed by atoms with Gasteiger partial charge in [-0.3, -0.25) is 14.4 Å². The lowest BCUT2D eigenvalue weighted by atomic mass is 10.1. The molecule has 1 atom stereocenters. The van der Waals surface area contributed by atoms with Crippen LogP contribution < -0.4 is 21.7 Å². The van der Waals surface area contributed by atoms with Crippen LogP contribution in [0, 0.1) is 0 Å². The van der Waals surface area contributed by atoms with Crippen molar-refractivity contribution in [2.45, 2.75) is 32.4 Å². The van der Waals surface area contributed by atoms with Crippen molar-refractivity contribution >= 4 is 63.3 Å². The summed E-state index contributed by atoms with van der Waals surface area (Å²) >= 11 is 4.64. The van der Waals surface area contributed by atoms with E-state index >= 15 is 0 Å². The number of carboxylic acid groups (broad SMARTS) is 2. The lowest BCUT2D eigenvalue weighted by Gasteiger charge is -2.19. The molecule has 14 nitrogen and oxygen atoms in total. The molecule has 0 aliphatic heterocycles. The predicted molar refractivity (Wildman–Crippen MR) is 135 cm³/mol. The van der Waals surface area contributed by atoms with Crippen LogP contribution in [-0.4, -0.2) is 66.3 Å². The zero-order valence-electron chi connectivity index (χ0n) is 19.9. The highest BCUT2D eigenvalue weighted by Crippen LogP contribution is 2.19. The molecule has 0 bridgehead atoms. The Bertz CT molecular complexity index is 1300. The number of fused-ring (bicyclic) bond motifs is 1. The lowest BCUT2D eigenvalue weighted by Crippen LogP contribution is -2.41. The van der Waals surface area contributed by atoms with Gasteiger partial charge in [-0.1, -0.05) is 0 Å². The van der Waals surface area contributed by atoms with Crippen LogP contribution in [0.25, 0.3) is 11.2 Å². The second-order valence-corrected chi connectivity index (χ2v) is 8.20. The number of aromatic nitrogens is 4. The highest BCUT2D eigenvalue weighted by Gasteiger charge is 2.21. The number of carbonyl (C=O) groups is 4. The first-order valence-electron chi connectivity index (χ1n) is 10.6. The van der Waals surface area contributed by atoms with Gasteiger partial charge < -0.3 is 31.9 Å². The number of nitrogen functional groups attached to an aromatic ring is 2. The SMILES string of the molecule is CC(=O)Cl.CN(Cc1cnc2nc(N)nc(N)c2n1)c1ccc(C(=O)N[C@@H](CCC(=O)O)C(=O)O)cc1. The van der Waals surface area contributed by atoms with Crippen LogP contribution in [0.5, 0.6) is 0 Å². The number of carbonyl (C=O) groups excluding carboxylic acids is 2. The molecule has 1 aromatic carbocycles. The summed E-state index contributed by atoms with van der Waals surface area (Å²) in [5.74, 6) is -2.91. The number of benzene rings is 1. The molecule has 0 aliphatic carbocycles. The minimum atomic E-state index is -1.30. The largest absolute Gasteiger partial charge is 0.481 e. The van der Waals surface area contributed by atoms with Gasteiger partial charge in [0.1, 0.15) is 6.04 Å². The molecular weight excluding hydrogens is 508 g/mol. The number of rotatable bonds is 9. The summed E-state index contributed by atoms with van der Waals surface area (Å²) < 4.78 is 0. The lowest BCUT2D eigenvalue weighted by molar-refractivity contribution is -0.140. The third-order valence-corrected chi connectivity index (χ3v) is 4.72. The molecule has 3 aromatic rings. The number of amides is 1. The Kier molecular flexibility index (Phi) is 10.0. The van der Waals surface area contributed by atoms with Gasteiger partial charge in [0.05, 0.1) is 18.4 Å². The number of halogens is 1. The fourth-order valence-electron chi connectivity index (χ4n) is 3.03. The number of aliphatic carboxylic acids is 2. The van der Waals surface area contributed by atoms with Gasteiger partial charge in [-0.05, 0) is 42.3 Å². The van der Waals surface area contributed by atoms with Gasteiger partial charge in [-0.2, -0.15) is 9.97 Å². The van der Waals surface area contributed by atoms with Crippen LogP contribution in [0.2, 0.25) is 0 Å². The van der Waals surface area contributed by atoms with Crippen molar-refractivity contribution in [3.63, 3.8) is 0 Å². The molecule has 0 spiro atoms. The van der Waals surface area contributed by atoms with E-state index in [4.69, 9.17) is 16.6 Å². The van der Waals surface area contributed by atoms with Gasteiger partial charge in [0.15, 0.2) is 17.0 Å². The smallest absolute Gasteiger partial charge is 0.326 e. The molecule has 2 aromatic heterocycles. The highest BCUT2D eigenvalue weighted by atomic mass is 35.5. The summed E-state index contributed by atoms with van der Waals surface area (Å²) in [6.07, 6.45) is 0.964. The van der Waals surface area contributed by atoms with Crippen LogP contribution in [0.3, 0.4) is 0 Å². The molecule has 0 radical (unpaired) electrons. The van der Waals surface area contributed by atoms with Crippen molar-refractivity contribution in [3.8, 4) is 0 Å². The van der Waals surface area contributed by atoms with E-state index in [9.17, 15) is 24.3 Å². The van der Waals surface area contributed by atoms with E-state index in [2.05, 4.69) is 36.9 Å². The minimum Gasteiger partial charge on any atom is -0.481 e. The predicted octanol–water partition coefficient (Wildman–Crippen LogP) is 1.04. The number of nitrogens with zero attached hydrogens (tertiary/aromatic N) is 5. The number of nitrogens with two attached hydrogens (primary N) is 2. The molecule has 1 amide bonds. The van der Waals surface area contributed by atoms with E-state index in [1.807, 2.05) is 11.9 Å². The number of nitrogens with one attached hydrogen (secondary N) is 1. The van der Waals surface area contributed by atoms with Crippen molar-refractivity contribution in [2.75, 3.05) is 23.4 Å². The van der Waals surface area contributed by atoms with E-state index in [-0.39, 0.29) is 35.4 Å². The Morgan fingerprint density at radius 2 is 1.70 bits per heavy atom. The average Bonchev–Trinajstić information content (AvgIpc) is 2.81. The summed E-state index contributed by atoms with van der Waals surface area (Å²) in [6.45, 7) is 1.66. The van der Waals surface area contributed by atoms with Crippen LogP contribution in [-0.2, 0) is 20.9 Å². The maximum absolute atomic E-state index is 12.4. The van der Waals surface area contributed by atoms with Crippen LogP contribution in [0.15, 0.2) is 30.5 Å². The van der Waals surface area contributed by atoms with Gasteiger partial charge >= 0.3 is 11.9 Å². The van der Waals surface area contributed by atoms with Crippen LogP contribution in [0.4, 0.5) is 17.5 Å². The molecule has 0 unspecified atom stereocenters. The maximum Gasteiger partial charge on any atom is 0.326 e. The maximum atomic E-state index is 12.4. The van der Waals surface area contributed by atoms with Crippen LogP contribution in [0.1, 0.15) is 35.8 Å². The normalized spacial score (nSPS) is 11.1. The third kappa shape index (κ3) is 8.85. The second kappa shape index (κ2) is 12.9. The standard InChI is InChI=1S/C20H22N8O5.C2H3ClO/c1-28(9-11-8-23-17-15(24-11)16(21)26-20(22)27-17)12-4-2-10(3-5-12)18(31)25-13(19(32)33)6-7-14(29)30;1-2(3)4/h2-5,8,13H,6-7,9H2,1H3,(H,25,31)(H,29,30)(H,32,33)(H4,21,22,23,26,27);1H3/t13-;/m0./s1. The number of hydrogen-bond acceptors (Lipinski definition) is 11. The first kappa shape index (κ1) is 28.6. The fourth-order valence-corrected chi connectivity index (χ4v) is 3.03. The average molecular weight is 533 g/mol. The molecule has 2 heterocycles. The van der Waals surface area contributed by atoms with Crippen molar-refractivity contribution in [2.24, 2.45) is 0 Å². The van der Waals surface area contributed by atoms with Gasteiger partial charge in [-0.15, -0.1) is 0 Å². The molecule has 196 valence electrons. The van der Waals surface area contributed by atoms with E-state index < -0.39 is 23.9 Å². The molecular formula is C22H25ClN8O6. The number of hydrogen-bond donors (Lipinski definition) is 5. The zero-order valence-corrected chi connectivity index (χ0v) is 20.6. The van der Waals surface area contributed by atoms with Crippen molar-refractivity contribution < 1.29 is 29.4 Å². The first-order chi connectivity index (χ1) is 17.4. The molecule has 0 saturated heterocycles.